The van der Waals surface area contributed by atoms with Crippen LogP contribution < -0.4 is 5.73 Å². The van der Waals surface area contributed by atoms with E-state index in [-0.39, 0.29) is 0 Å². The predicted octanol–water partition coefficient (Wildman–Crippen LogP) is 1.81. The topological polar surface area (TPSA) is 38.9 Å². The van der Waals surface area contributed by atoms with Crippen molar-refractivity contribution in [3.05, 3.63) is 28.5 Å². The van der Waals surface area contributed by atoms with Crippen LogP contribution in [0.15, 0.2) is 22.9 Å². The molecule has 4 heteroatoms. The third-order valence-corrected chi connectivity index (χ3v) is 2.02. The van der Waals surface area contributed by atoms with Crippen LogP contribution in [0.5, 0.6) is 0 Å². The van der Waals surface area contributed by atoms with Crippen LogP contribution in [0.2, 0.25) is 0 Å². The minimum atomic E-state index is -0.571. The molecule has 0 saturated heterocycles. The number of alkyl halides is 1. The number of nitrogens with two attached hydrogens (primary N) is 1. The summed E-state index contributed by atoms with van der Waals surface area (Å²) in [7, 11) is 0. The summed E-state index contributed by atoms with van der Waals surface area (Å²) in [6, 6.07) is 2.91. The summed E-state index contributed by atoms with van der Waals surface area (Å²) >= 11 is 3.18. The Kier molecular flexibility index (Phi) is 2.96. The summed E-state index contributed by atoms with van der Waals surface area (Å²) in [6.07, 6.45) is 1.62. The van der Waals surface area contributed by atoms with Crippen LogP contribution in [-0.2, 0) is 0 Å². The Hall–Kier alpha value is -0.480. The normalized spacial score (nSPS) is 13.0. The van der Waals surface area contributed by atoms with Gasteiger partial charge < -0.3 is 5.73 Å². The molecule has 11 heavy (non-hydrogen) atoms. The Morgan fingerprint density at radius 1 is 1.73 bits per heavy atom. The summed E-state index contributed by atoms with van der Waals surface area (Å²) in [5.41, 5.74) is 6.15. The smallest absolute Gasteiger partial charge is 0.110 e. The molecule has 0 aliphatic heterocycles. The number of hydrogen-bond acceptors (Lipinski definition) is 2. The molecule has 0 bridgehead atoms. The fourth-order valence-corrected chi connectivity index (χ4v) is 1.30. The first-order chi connectivity index (χ1) is 5.25. The number of pyridine rings is 1. The van der Waals surface area contributed by atoms with Gasteiger partial charge in [-0.2, -0.15) is 0 Å². The quantitative estimate of drug-likeness (QED) is 0.770. The molecule has 0 saturated carbocycles. The SMILES string of the molecule is N[C@H](CF)c1cccnc1Br. The van der Waals surface area contributed by atoms with Gasteiger partial charge in [0.2, 0.25) is 0 Å². The number of aromatic nitrogens is 1. The Labute approximate surface area is 72.8 Å². The Bertz CT molecular complexity index is 242. The summed E-state index contributed by atoms with van der Waals surface area (Å²) in [5.74, 6) is 0. The highest BCUT2D eigenvalue weighted by atomic mass is 79.9. The van der Waals surface area contributed by atoms with E-state index in [1.807, 2.05) is 0 Å². The molecule has 1 aromatic rings. The molecule has 1 atom stereocenters. The summed E-state index contributed by atoms with van der Waals surface area (Å²) < 4.78 is 12.7. The molecule has 0 unspecified atom stereocenters. The molecule has 0 fully saturated rings. The highest BCUT2D eigenvalue weighted by Crippen LogP contribution is 2.18. The fourth-order valence-electron chi connectivity index (χ4n) is 0.758. The van der Waals surface area contributed by atoms with E-state index in [1.165, 1.54) is 0 Å². The molecule has 1 rings (SSSR count). The average molecular weight is 219 g/mol. The lowest BCUT2D eigenvalue weighted by molar-refractivity contribution is 0.435. The molecule has 0 aliphatic carbocycles. The Morgan fingerprint density at radius 3 is 3.00 bits per heavy atom. The standard InChI is InChI=1S/C7H8BrFN2/c8-7-5(6(10)4-9)2-1-3-11-7/h1-3,6H,4,10H2/t6-/m1/s1. The van der Waals surface area contributed by atoms with Crippen molar-refractivity contribution in [1.29, 1.82) is 0 Å². The van der Waals surface area contributed by atoms with Gasteiger partial charge in [-0.15, -0.1) is 0 Å². The van der Waals surface area contributed by atoms with Crippen molar-refractivity contribution < 1.29 is 4.39 Å². The van der Waals surface area contributed by atoms with Crippen molar-refractivity contribution in [2.45, 2.75) is 6.04 Å². The van der Waals surface area contributed by atoms with Crippen molar-refractivity contribution >= 4 is 15.9 Å². The second kappa shape index (κ2) is 3.78. The van der Waals surface area contributed by atoms with E-state index in [0.29, 0.717) is 10.2 Å². The van der Waals surface area contributed by atoms with E-state index < -0.39 is 12.7 Å². The first-order valence-corrected chi connectivity index (χ1v) is 3.97. The highest BCUT2D eigenvalue weighted by Gasteiger charge is 2.08. The second-order valence-corrected chi connectivity index (χ2v) is 2.90. The summed E-state index contributed by atoms with van der Waals surface area (Å²) in [6.45, 7) is -0.565. The summed E-state index contributed by atoms with van der Waals surface area (Å²) in [4.78, 5) is 3.92. The maximum Gasteiger partial charge on any atom is 0.110 e. The van der Waals surface area contributed by atoms with Gasteiger partial charge in [0.25, 0.3) is 0 Å². The Balaban J connectivity index is 2.93. The van der Waals surface area contributed by atoms with Crippen LogP contribution in [0.3, 0.4) is 0 Å². The molecular weight excluding hydrogens is 211 g/mol. The molecule has 2 nitrogen and oxygen atoms in total. The van der Waals surface area contributed by atoms with Crippen molar-refractivity contribution in [2.75, 3.05) is 6.67 Å². The molecule has 0 amide bonds. The molecule has 0 aromatic carbocycles. The zero-order valence-electron chi connectivity index (χ0n) is 5.80. The van der Waals surface area contributed by atoms with Crippen molar-refractivity contribution in [1.82, 2.24) is 4.98 Å². The second-order valence-electron chi connectivity index (χ2n) is 2.14. The first kappa shape index (κ1) is 8.62. The molecule has 1 aromatic heterocycles. The van der Waals surface area contributed by atoms with E-state index in [9.17, 15) is 4.39 Å². The van der Waals surface area contributed by atoms with E-state index in [1.54, 1.807) is 18.3 Å². The number of rotatable bonds is 2. The van der Waals surface area contributed by atoms with Crippen LogP contribution in [0, 0.1) is 0 Å². The lowest BCUT2D eigenvalue weighted by Crippen LogP contribution is -2.12. The number of nitrogens with zero attached hydrogens (tertiary/aromatic N) is 1. The molecule has 2 N–H and O–H groups in total. The molecular formula is C7H8BrFN2. The molecule has 1 heterocycles. The lowest BCUT2D eigenvalue weighted by Gasteiger charge is -2.07. The van der Waals surface area contributed by atoms with Crippen LogP contribution in [0.1, 0.15) is 11.6 Å². The molecule has 0 spiro atoms. The molecule has 0 aliphatic rings. The zero-order valence-corrected chi connectivity index (χ0v) is 7.38. The van der Waals surface area contributed by atoms with Gasteiger partial charge in [0.1, 0.15) is 11.3 Å². The van der Waals surface area contributed by atoms with Gasteiger partial charge >= 0.3 is 0 Å². The van der Waals surface area contributed by atoms with Gasteiger partial charge in [-0.3, -0.25) is 0 Å². The minimum absolute atomic E-state index is 0.565. The number of halogens is 2. The van der Waals surface area contributed by atoms with Crippen LogP contribution in [0.25, 0.3) is 0 Å². The fraction of sp³-hybridized carbons (Fsp3) is 0.286. The van der Waals surface area contributed by atoms with Crippen LogP contribution >= 0.6 is 15.9 Å². The van der Waals surface area contributed by atoms with Crippen LogP contribution in [-0.4, -0.2) is 11.7 Å². The third-order valence-electron chi connectivity index (χ3n) is 1.35. The van der Waals surface area contributed by atoms with Crippen molar-refractivity contribution in [3.8, 4) is 0 Å². The van der Waals surface area contributed by atoms with Gasteiger partial charge in [0.05, 0.1) is 6.04 Å². The first-order valence-electron chi connectivity index (χ1n) is 3.17. The maximum absolute atomic E-state index is 12.1. The summed E-state index contributed by atoms with van der Waals surface area (Å²) in [5, 5.41) is 0. The van der Waals surface area contributed by atoms with Gasteiger partial charge in [0.15, 0.2) is 0 Å². The largest absolute Gasteiger partial charge is 0.322 e. The van der Waals surface area contributed by atoms with Gasteiger partial charge in [-0.25, -0.2) is 9.37 Å². The van der Waals surface area contributed by atoms with E-state index in [0.717, 1.165) is 0 Å². The number of hydrogen-bond donors (Lipinski definition) is 1. The highest BCUT2D eigenvalue weighted by molar-refractivity contribution is 9.10. The maximum atomic E-state index is 12.1. The lowest BCUT2D eigenvalue weighted by atomic mass is 10.1. The van der Waals surface area contributed by atoms with Crippen molar-refractivity contribution in [2.24, 2.45) is 5.73 Å². The van der Waals surface area contributed by atoms with Gasteiger partial charge in [-0.1, -0.05) is 6.07 Å². The predicted molar refractivity (Wildman–Crippen MR) is 44.8 cm³/mol. The third kappa shape index (κ3) is 1.97. The minimum Gasteiger partial charge on any atom is -0.322 e. The zero-order chi connectivity index (χ0) is 8.27. The van der Waals surface area contributed by atoms with Crippen molar-refractivity contribution in [3.63, 3.8) is 0 Å². The Morgan fingerprint density at radius 2 is 2.45 bits per heavy atom. The molecule has 60 valence electrons. The average Bonchev–Trinajstić information content (AvgIpc) is 2.04. The van der Waals surface area contributed by atoms with E-state index >= 15 is 0 Å². The monoisotopic (exact) mass is 218 g/mol. The van der Waals surface area contributed by atoms with Crippen LogP contribution in [0.4, 0.5) is 4.39 Å². The van der Waals surface area contributed by atoms with E-state index in [2.05, 4.69) is 20.9 Å². The van der Waals surface area contributed by atoms with E-state index in [4.69, 9.17) is 5.73 Å². The van der Waals surface area contributed by atoms with Gasteiger partial charge in [-0.05, 0) is 22.0 Å². The van der Waals surface area contributed by atoms with Gasteiger partial charge in [0, 0.05) is 11.8 Å². The molecule has 0 radical (unpaired) electrons.